The SMILES string of the molecule is c1ccc(-c2ccc3c(c2)C2(c4ccccc4-3)c3ccccc3-c3ccc(N(c4ccc(-c5ccccc5-c5ccc(C6CCCCC6)cc5)cc4)c4ccc(C5CC6CCC5C6)cc4)cc32)cc1. The van der Waals surface area contributed by atoms with Crippen LogP contribution in [-0.4, -0.2) is 0 Å². The predicted molar refractivity (Wildman–Crippen MR) is 288 cm³/mol. The molecule has 3 saturated carbocycles. The molecule has 5 aliphatic carbocycles. The highest BCUT2D eigenvalue weighted by Gasteiger charge is 2.52. The van der Waals surface area contributed by atoms with Gasteiger partial charge in [0, 0.05) is 17.1 Å². The van der Waals surface area contributed by atoms with Gasteiger partial charge in [0.1, 0.15) is 0 Å². The van der Waals surface area contributed by atoms with Crippen LogP contribution in [0, 0.1) is 11.8 Å². The van der Waals surface area contributed by atoms with Gasteiger partial charge in [-0.3, -0.25) is 0 Å². The third-order valence-corrected chi connectivity index (χ3v) is 17.4. The molecule has 14 rings (SSSR count). The molecule has 1 spiro atoms. The third kappa shape index (κ3) is 6.57. The van der Waals surface area contributed by atoms with Gasteiger partial charge >= 0.3 is 0 Å². The quantitative estimate of drug-likeness (QED) is 0.147. The second-order valence-corrected chi connectivity index (χ2v) is 21.0. The molecule has 0 amide bonds. The maximum atomic E-state index is 2.54. The molecule has 0 radical (unpaired) electrons. The Kier molecular flexibility index (Phi) is 9.75. The zero-order valence-corrected chi connectivity index (χ0v) is 39.3. The van der Waals surface area contributed by atoms with Gasteiger partial charge in [0.15, 0.2) is 0 Å². The molecule has 9 aromatic rings. The largest absolute Gasteiger partial charge is 0.310 e. The van der Waals surface area contributed by atoms with Crippen molar-refractivity contribution in [2.24, 2.45) is 11.8 Å². The molecule has 4 atom stereocenters. The zero-order chi connectivity index (χ0) is 45.5. The minimum Gasteiger partial charge on any atom is -0.310 e. The van der Waals surface area contributed by atoms with Gasteiger partial charge in [0.05, 0.1) is 5.41 Å². The van der Waals surface area contributed by atoms with E-state index in [-0.39, 0.29) is 0 Å². The second kappa shape index (κ2) is 16.5. The fourth-order valence-corrected chi connectivity index (χ4v) is 14.2. The molecule has 4 unspecified atom stereocenters. The summed E-state index contributed by atoms with van der Waals surface area (Å²) in [4.78, 5) is 2.52. The van der Waals surface area contributed by atoms with E-state index < -0.39 is 5.41 Å². The lowest BCUT2D eigenvalue weighted by Crippen LogP contribution is -2.26. The lowest BCUT2D eigenvalue weighted by atomic mass is 9.70. The normalized spacial score (nSPS) is 20.7. The fraction of sp³-hybridized carbons (Fsp3) is 0.206. The number of hydrogen-bond acceptors (Lipinski definition) is 1. The molecule has 0 aromatic heterocycles. The van der Waals surface area contributed by atoms with Crippen LogP contribution in [-0.2, 0) is 5.41 Å². The van der Waals surface area contributed by atoms with E-state index in [9.17, 15) is 0 Å². The summed E-state index contributed by atoms with van der Waals surface area (Å²) >= 11 is 0. The van der Waals surface area contributed by atoms with Crippen LogP contribution in [0.1, 0.15) is 103 Å². The van der Waals surface area contributed by atoms with Crippen LogP contribution >= 0.6 is 0 Å². The molecule has 9 aromatic carbocycles. The van der Waals surface area contributed by atoms with Crippen molar-refractivity contribution in [2.75, 3.05) is 4.90 Å². The van der Waals surface area contributed by atoms with Crippen LogP contribution in [0.4, 0.5) is 17.1 Å². The van der Waals surface area contributed by atoms with E-state index in [4.69, 9.17) is 0 Å². The number of anilines is 3. The number of fused-ring (bicyclic) bond motifs is 12. The van der Waals surface area contributed by atoms with Gasteiger partial charge in [-0.1, -0.05) is 196 Å². The molecular weight excluding hydrogens is 831 g/mol. The number of rotatable bonds is 8. The molecule has 0 N–H and O–H groups in total. The van der Waals surface area contributed by atoms with Crippen LogP contribution in [0.25, 0.3) is 55.6 Å². The Morgan fingerprint density at radius 1 is 0.333 bits per heavy atom. The number of nitrogens with zero attached hydrogens (tertiary/aromatic N) is 1. The molecule has 0 saturated heterocycles. The molecule has 5 aliphatic rings. The smallest absolute Gasteiger partial charge is 0.0726 e. The summed E-state index contributed by atoms with van der Waals surface area (Å²) in [5.74, 6) is 3.15. The molecule has 1 heteroatoms. The summed E-state index contributed by atoms with van der Waals surface area (Å²) in [6.45, 7) is 0. The van der Waals surface area contributed by atoms with Gasteiger partial charge in [0.25, 0.3) is 0 Å². The Balaban J connectivity index is 0.905. The maximum absolute atomic E-state index is 2.54. The van der Waals surface area contributed by atoms with Crippen molar-refractivity contribution >= 4 is 17.1 Å². The molecule has 2 bridgehead atoms. The topological polar surface area (TPSA) is 3.24 Å². The summed E-state index contributed by atoms with van der Waals surface area (Å²) in [5.41, 5.74) is 24.3. The fourth-order valence-electron chi connectivity index (χ4n) is 14.2. The van der Waals surface area contributed by atoms with Gasteiger partial charge in [-0.15, -0.1) is 0 Å². The average Bonchev–Trinajstić information content (AvgIpc) is 4.21. The van der Waals surface area contributed by atoms with Crippen LogP contribution in [0.2, 0.25) is 0 Å². The highest BCUT2D eigenvalue weighted by atomic mass is 15.1. The van der Waals surface area contributed by atoms with E-state index in [0.717, 1.165) is 17.5 Å². The molecule has 0 aliphatic heterocycles. The minimum atomic E-state index is -0.474. The van der Waals surface area contributed by atoms with Gasteiger partial charge < -0.3 is 4.90 Å². The first-order valence-electron chi connectivity index (χ1n) is 25.9. The van der Waals surface area contributed by atoms with Crippen molar-refractivity contribution in [1.29, 1.82) is 0 Å². The second-order valence-electron chi connectivity index (χ2n) is 21.0. The van der Waals surface area contributed by atoms with E-state index in [1.165, 1.54) is 158 Å². The van der Waals surface area contributed by atoms with Crippen molar-refractivity contribution in [1.82, 2.24) is 0 Å². The molecular formula is C68H57N. The van der Waals surface area contributed by atoms with E-state index in [0.29, 0.717) is 11.8 Å². The summed E-state index contributed by atoms with van der Waals surface area (Å²) in [6.07, 6.45) is 12.3. The predicted octanol–water partition coefficient (Wildman–Crippen LogP) is 18.5. The molecule has 69 heavy (non-hydrogen) atoms. The third-order valence-electron chi connectivity index (χ3n) is 17.4. The van der Waals surface area contributed by atoms with E-state index in [1.807, 2.05) is 0 Å². The van der Waals surface area contributed by atoms with E-state index in [2.05, 4.69) is 217 Å². The van der Waals surface area contributed by atoms with E-state index >= 15 is 0 Å². The summed E-state index contributed by atoms with van der Waals surface area (Å²) in [6, 6.07) is 81.4. The first-order chi connectivity index (χ1) is 34.2. The maximum Gasteiger partial charge on any atom is 0.0726 e. The Hall–Kier alpha value is -7.22. The number of hydrogen-bond donors (Lipinski definition) is 0. The summed E-state index contributed by atoms with van der Waals surface area (Å²) in [7, 11) is 0. The lowest BCUT2D eigenvalue weighted by Gasteiger charge is -2.32. The highest BCUT2D eigenvalue weighted by Crippen LogP contribution is 2.64. The summed E-state index contributed by atoms with van der Waals surface area (Å²) < 4.78 is 0. The minimum absolute atomic E-state index is 0.474. The van der Waals surface area contributed by atoms with Gasteiger partial charge in [-0.25, -0.2) is 0 Å². The average molecular weight is 888 g/mol. The van der Waals surface area contributed by atoms with Crippen LogP contribution in [0.3, 0.4) is 0 Å². The Labute approximate surface area is 408 Å². The Morgan fingerprint density at radius 3 is 1.46 bits per heavy atom. The van der Waals surface area contributed by atoms with E-state index in [1.54, 1.807) is 0 Å². The van der Waals surface area contributed by atoms with Crippen molar-refractivity contribution < 1.29 is 0 Å². The van der Waals surface area contributed by atoms with Crippen molar-refractivity contribution in [3.63, 3.8) is 0 Å². The van der Waals surface area contributed by atoms with Gasteiger partial charge in [-0.2, -0.15) is 0 Å². The summed E-state index contributed by atoms with van der Waals surface area (Å²) in [5, 5.41) is 0. The molecule has 0 heterocycles. The lowest BCUT2D eigenvalue weighted by molar-refractivity contribution is 0.420. The molecule has 1 nitrogen and oxygen atoms in total. The van der Waals surface area contributed by atoms with Crippen molar-refractivity contribution in [3.8, 4) is 55.6 Å². The van der Waals surface area contributed by atoms with Crippen LogP contribution in [0.15, 0.2) is 212 Å². The standard InChI is InChI=1S/C68H57N/c1-3-13-46(14-4-1)48-25-27-49(28-26-48)57-17-7-8-18-58(57)50-29-34-54(35-30-50)69(55-36-31-51(32-37-55)63-42-45-23-24-53(63)41-45)56-38-40-62-60-20-10-12-22-65(60)68(67(62)44-56)64-21-11-9-19-59(64)61-39-33-52(43-66(61)68)47-15-5-2-6-16-47/h2,5-12,15-22,25-40,43-46,53,63H,1,3-4,13-14,23-24,41-42H2. The number of benzene rings is 9. The monoisotopic (exact) mass is 887 g/mol. The van der Waals surface area contributed by atoms with Gasteiger partial charge in [0.2, 0.25) is 0 Å². The Morgan fingerprint density at radius 2 is 0.841 bits per heavy atom. The molecule has 3 fully saturated rings. The van der Waals surface area contributed by atoms with Gasteiger partial charge in [-0.05, 0) is 187 Å². The van der Waals surface area contributed by atoms with Crippen molar-refractivity contribution in [3.05, 3.63) is 246 Å². The van der Waals surface area contributed by atoms with Crippen LogP contribution < -0.4 is 4.90 Å². The Bertz CT molecular complexity index is 3360. The van der Waals surface area contributed by atoms with Crippen molar-refractivity contribution in [2.45, 2.75) is 75.0 Å². The zero-order valence-electron chi connectivity index (χ0n) is 39.3. The highest BCUT2D eigenvalue weighted by molar-refractivity contribution is 5.97. The van der Waals surface area contributed by atoms with Crippen LogP contribution in [0.5, 0.6) is 0 Å². The molecule has 334 valence electrons. The first kappa shape index (κ1) is 40.8. The first-order valence-corrected chi connectivity index (χ1v) is 25.9.